The van der Waals surface area contributed by atoms with Gasteiger partial charge in [0.1, 0.15) is 0 Å². The standard InChI is InChI=1S/C11H13BrN2O4S/c1-14(6-9(15)13-5-4-10(16)17)11(18)7-2-3-8(12)19-7/h2-3H,4-6H2,1H3,(H,13,15)(H,16,17). The molecule has 0 aliphatic heterocycles. The fraction of sp³-hybridized carbons (Fsp3) is 0.364. The molecule has 2 amide bonds. The number of thiophene rings is 1. The summed E-state index contributed by atoms with van der Waals surface area (Å²) < 4.78 is 0.843. The Labute approximate surface area is 122 Å². The molecule has 104 valence electrons. The van der Waals surface area contributed by atoms with Gasteiger partial charge >= 0.3 is 5.97 Å². The van der Waals surface area contributed by atoms with E-state index in [4.69, 9.17) is 5.11 Å². The molecule has 0 saturated heterocycles. The lowest BCUT2D eigenvalue weighted by Gasteiger charge is -2.15. The van der Waals surface area contributed by atoms with Crippen molar-refractivity contribution in [3.8, 4) is 0 Å². The number of hydrogen-bond acceptors (Lipinski definition) is 4. The van der Waals surface area contributed by atoms with Crippen molar-refractivity contribution < 1.29 is 19.5 Å². The van der Waals surface area contributed by atoms with Crippen molar-refractivity contribution in [2.45, 2.75) is 6.42 Å². The fourth-order valence-corrected chi connectivity index (χ4v) is 2.65. The average molecular weight is 349 g/mol. The average Bonchev–Trinajstić information content (AvgIpc) is 2.74. The first kappa shape index (κ1) is 15.6. The van der Waals surface area contributed by atoms with Gasteiger partial charge in [-0.15, -0.1) is 11.3 Å². The van der Waals surface area contributed by atoms with Crippen molar-refractivity contribution in [3.63, 3.8) is 0 Å². The lowest BCUT2D eigenvalue weighted by molar-refractivity contribution is -0.136. The zero-order valence-electron chi connectivity index (χ0n) is 10.2. The molecule has 1 aromatic rings. The first-order valence-electron chi connectivity index (χ1n) is 5.39. The van der Waals surface area contributed by atoms with Gasteiger partial charge < -0.3 is 15.3 Å². The molecule has 2 N–H and O–H groups in total. The largest absolute Gasteiger partial charge is 0.481 e. The summed E-state index contributed by atoms with van der Waals surface area (Å²) in [6.45, 7) is -0.0469. The van der Waals surface area contributed by atoms with Crippen LogP contribution in [-0.2, 0) is 9.59 Å². The van der Waals surface area contributed by atoms with Crippen LogP contribution in [0.25, 0.3) is 0 Å². The molecule has 6 nitrogen and oxygen atoms in total. The number of amides is 2. The Morgan fingerprint density at radius 1 is 1.42 bits per heavy atom. The van der Waals surface area contributed by atoms with Crippen LogP contribution in [0.3, 0.4) is 0 Å². The molecule has 1 rings (SSSR count). The van der Waals surface area contributed by atoms with Crippen LogP contribution in [0.15, 0.2) is 15.9 Å². The summed E-state index contributed by atoms with van der Waals surface area (Å²) in [6.07, 6.45) is -0.138. The maximum atomic E-state index is 11.9. The molecule has 8 heteroatoms. The second-order valence-electron chi connectivity index (χ2n) is 3.76. The Kier molecular flexibility index (Phi) is 5.97. The summed E-state index contributed by atoms with van der Waals surface area (Å²) in [6, 6.07) is 3.44. The van der Waals surface area contributed by atoms with Crippen LogP contribution in [0.2, 0.25) is 0 Å². The van der Waals surface area contributed by atoms with Crippen LogP contribution in [0.5, 0.6) is 0 Å². The minimum atomic E-state index is -0.979. The van der Waals surface area contributed by atoms with Crippen molar-refractivity contribution >= 4 is 45.1 Å². The van der Waals surface area contributed by atoms with E-state index in [1.54, 1.807) is 12.1 Å². The number of rotatable bonds is 6. The van der Waals surface area contributed by atoms with Gasteiger partial charge in [-0.2, -0.15) is 0 Å². The van der Waals surface area contributed by atoms with E-state index in [1.165, 1.54) is 23.3 Å². The van der Waals surface area contributed by atoms with Crippen molar-refractivity contribution in [1.82, 2.24) is 10.2 Å². The van der Waals surface area contributed by atoms with Crippen LogP contribution in [-0.4, -0.2) is 47.9 Å². The Bertz CT molecular complexity index is 489. The van der Waals surface area contributed by atoms with Crippen LogP contribution in [0.1, 0.15) is 16.1 Å². The van der Waals surface area contributed by atoms with Gasteiger partial charge in [0.05, 0.1) is 21.6 Å². The third-order valence-corrected chi connectivity index (χ3v) is 3.78. The molecular formula is C11H13BrN2O4S. The monoisotopic (exact) mass is 348 g/mol. The second-order valence-corrected chi connectivity index (χ2v) is 6.22. The van der Waals surface area contributed by atoms with Crippen LogP contribution in [0.4, 0.5) is 0 Å². The lowest BCUT2D eigenvalue weighted by Crippen LogP contribution is -2.38. The number of likely N-dealkylation sites (N-methyl/N-ethyl adjacent to an activating group) is 1. The third kappa shape index (κ3) is 5.39. The van der Waals surface area contributed by atoms with Crippen LogP contribution < -0.4 is 5.32 Å². The van der Waals surface area contributed by atoms with Crippen LogP contribution in [0, 0.1) is 0 Å². The Balaban J connectivity index is 2.41. The fourth-order valence-electron chi connectivity index (χ4n) is 1.27. The molecule has 0 fully saturated rings. The highest BCUT2D eigenvalue weighted by Gasteiger charge is 2.16. The molecule has 0 aliphatic rings. The van der Waals surface area contributed by atoms with Gasteiger partial charge in [-0.1, -0.05) is 0 Å². The van der Waals surface area contributed by atoms with Gasteiger partial charge in [0.15, 0.2) is 0 Å². The topological polar surface area (TPSA) is 86.7 Å². The number of nitrogens with zero attached hydrogens (tertiary/aromatic N) is 1. The van der Waals surface area contributed by atoms with Crippen LogP contribution >= 0.6 is 27.3 Å². The molecule has 0 bridgehead atoms. The van der Waals surface area contributed by atoms with E-state index in [0.717, 1.165) is 3.79 Å². The highest BCUT2D eigenvalue weighted by atomic mass is 79.9. The van der Waals surface area contributed by atoms with Gasteiger partial charge in [-0.05, 0) is 28.1 Å². The number of carbonyl (C=O) groups is 3. The van der Waals surface area contributed by atoms with Crippen molar-refractivity contribution in [3.05, 3.63) is 20.8 Å². The number of nitrogens with one attached hydrogen (secondary N) is 1. The van der Waals surface area contributed by atoms with Crippen molar-refractivity contribution in [2.75, 3.05) is 20.1 Å². The lowest BCUT2D eigenvalue weighted by atomic mass is 10.4. The van der Waals surface area contributed by atoms with Gasteiger partial charge in [-0.25, -0.2) is 0 Å². The molecule has 1 heterocycles. The molecule has 0 atom stereocenters. The predicted molar refractivity (Wildman–Crippen MR) is 74.2 cm³/mol. The van der Waals surface area contributed by atoms with E-state index in [-0.39, 0.29) is 31.3 Å². The van der Waals surface area contributed by atoms with E-state index in [0.29, 0.717) is 4.88 Å². The maximum absolute atomic E-state index is 11.9. The van der Waals surface area contributed by atoms with Gasteiger partial charge in [0, 0.05) is 13.6 Å². The minimum absolute atomic E-state index is 0.0563. The smallest absolute Gasteiger partial charge is 0.305 e. The summed E-state index contributed by atoms with van der Waals surface area (Å²) in [5.74, 6) is -1.61. The summed E-state index contributed by atoms with van der Waals surface area (Å²) in [4.78, 5) is 35.5. The highest BCUT2D eigenvalue weighted by molar-refractivity contribution is 9.11. The van der Waals surface area contributed by atoms with Crippen molar-refractivity contribution in [2.24, 2.45) is 0 Å². The third-order valence-electron chi connectivity index (χ3n) is 2.17. The normalized spacial score (nSPS) is 10.0. The number of aliphatic carboxylic acids is 1. The van der Waals surface area contributed by atoms with E-state index in [1.807, 2.05) is 0 Å². The Morgan fingerprint density at radius 2 is 2.11 bits per heavy atom. The van der Waals surface area contributed by atoms with E-state index < -0.39 is 5.97 Å². The number of carboxylic acid groups (broad SMARTS) is 1. The van der Waals surface area contributed by atoms with Crippen molar-refractivity contribution in [1.29, 1.82) is 0 Å². The molecule has 0 aliphatic carbocycles. The molecule has 1 aromatic heterocycles. The van der Waals surface area contributed by atoms with Gasteiger partial charge in [-0.3, -0.25) is 14.4 Å². The second kappa shape index (κ2) is 7.25. The maximum Gasteiger partial charge on any atom is 0.305 e. The number of hydrogen-bond donors (Lipinski definition) is 2. The minimum Gasteiger partial charge on any atom is -0.481 e. The molecule has 0 saturated carbocycles. The summed E-state index contributed by atoms with van der Waals surface area (Å²) in [7, 11) is 1.52. The molecule has 0 spiro atoms. The van der Waals surface area contributed by atoms with Gasteiger partial charge in [0.25, 0.3) is 5.91 Å². The molecular weight excluding hydrogens is 336 g/mol. The zero-order valence-corrected chi connectivity index (χ0v) is 12.6. The Hall–Kier alpha value is -1.41. The molecule has 0 aromatic carbocycles. The number of halogens is 1. The summed E-state index contributed by atoms with van der Waals surface area (Å²) >= 11 is 4.55. The quantitative estimate of drug-likeness (QED) is 0.807. The summed E-state index contributed by atoms with van der Waals surface area (Å²) in [5, 5.41) is 10.9. The number of carbonyl (C=O) groups excluding carboxylic acids is 2. The summed E-state index contributed by atoms with van der Waals surface area (Å²) in [5.41, 5.74) is 0. The Morgan fingerprint density at radius 3 is 2.63 bits per heavy atom. The highest BCUT2D eigenvalue weighted by Crippen LogP contribution is 2.22. The molecule has 19 heavy (non-hydrogen) atoms. The van der Waals surface area contributed by atoms with E-state index in [9.17, 15) is 14.4 Å². The van der Waals surface area contributed by atoms with Gasteiger partial charge in [0.2, 0.25) is 5.91 Å². The zero-order chi connectivity index (χ0) is 14.4. The first-order chi connectivity index (χ1) is 8.90. The molecule has 0 radical (unpaired) electrons. The predicted octanol–water partition coefficient (Wildman–Crippen LogP) is 1.17. The molecule has 0 unspecified atom stereocenters. The van der Waals surface area contributed by atoms with E-state index in [2.05, 4.69) is 21.2 Å². The SMILES string of the molecule is CN(CC(=O)NCCC(=O)O)C(=O)c1ccc(Br)s1. The first-order valence-corrected chi connectivity index (χ1v) is 7.00. The van der Waals surface area contributed by atoms with E-state index >= 15 is 0 Å². The number of carboxylic acids is 1.